The molecule has 2 aliphatic rings. The Labute approximate surface area is 57.1 Å². The van der Waals surface area contributed by atoms with Gasteiger partial charge in [-0.1, -0.05) is 0 Å². The van der Waals surface area contributed by atoms with E-state index in [1.165, 1.54) is 0 Å². The van der Waals surface area contributed by atoms with Crippen LogP contribution in [0.4, 0.5) is 0 Å². The van der Waals surface area contributed by atoms with Crippen molar-refractivity contribution < 1.29 is 19.1 Å². The van der Waals surface area contributed by atoms with Crippen LogP contribution in [0.2, 0.25) is 0 Å². The number of rotatable bonds is 1. The predicted octanol–water partition coefficient (Wildman–Crippen LogP) is -0.732. The smallest absolute Gasteiger partial charge is 0.338 e. The number of esters is 1. The van der Waals surface area contributed by atoms with Crippen LogP contribution in [0.1, 0.15) is 6.42 Å². The van der Waals surface area contributed by atoms with Gasteiger partial charge in [0.15, 0.2) is 18.5 Å². The first-order valence-electron chi connectivity index (χ1n) is 3.12. The second-order valence-corrected chi connectivity index (χ2v) is 2.44. The van der Waals surface area contributed by atoms with E-state index in [-0.39, 0.29) is 12.2 Å². The van der Waals surface area contributed by atoms with Crippen molar-refractivity contribution in [3.63, 3.8) is 0 Å². The highest BCUT2D eigenvalue weighted by atomic mass is 16.7. The van der Waals surface area contributed by atoms with Crippen molar-refractivity contribution in [3.05, 3.63) is 0 Å². The molecule has 0 saturated carbocycles. The standard InChI is InChI=1S/C6H6O4/c7-2-3-1-4-5(10-4)6(8)9-3/h2-5H,1H2. The van der Waals surface area contributed by atoms with E-state index in [0.717, 1.165) is 0 Å². The number of fused-ring (bicyclic) bond motifs is 1. The quantitative estimate of drug-likeness (QED) is 0.275. The summed E-state index contributed by atoms with van der Waals surface area (Å²) in [6.45, 7) is 0. The zero-order valence-corrected chi connectivity index (χ0v) is 5.15. The van der Waals surface area contributed by atoms with Crippen LogP contribution in [0, 0.1) is 0 Å². The van der Waals surface area contributed by atoms with Gasteiger partial charge < -0.3 is 9.47 Å². The molecule has 0 radical (unpaired) electrons. The van der Waals surface area contributed by atoms with Crippen molar-refractivity contribution in [2.45, 2.75) is 24.7 Å². The molecule has 2 fully saturated rings. The van der Waals surface area contributed by atoms with Crippen molar-refractivity contribution in [2.24, 2.45) is 0 Å². The van der Waals surface area contributed by atoms with E-state index in [1.54, 1.807) is 0 Å². The van der Waals surface area contributed by atoms with Crippen molar-refractivity contribution in [3.8, 4) is 0 Å². The molecule has 3 atom stereocenters. The lowest BCUT2D eigenvalue weighted by Gasteiger charge is -2.12. The van der Waals surface area contributed by atoms with Gasteiger partial charge in [-0.3, -0.25) is 4.79 Å². The van der Waals surface area contributed by atoms with Gasteiger partial charge in [0, 0.05) is 6.42 Å². The zero-order valence-electron chi connectivity index (χ0n) is 5.15. The lowest BCUT2D eigenvalue weighted by atomic mass is 10.1. The molecular weight excluding hydrogens is 136 g/mol. The molecule has 4 heteroatoms. The summed E-state index contributed by atoms with van der Waals surface area (Å²) in [6, 6.07) is 0. The van der Waals surface area contributed by atoms with Gasteiger partial charge in [-0.15, -0.1) is 0 Å². The Morgan fingerprint density at radius 1 is 1.60 bits per heavy atom. The number of aldehydes is 1. The minimum Gasteiger partial charge on any atom is -0.453 e. The molecule has 0 aromatic rings. The van der Waals surface area contributed by atoms with E-state index in [4.69, 9.17) is 4.74 Å². The highest BCUT2D eigenvalue weighted by Gasteiger charge is 2.52. The first kappa shape index (κ1) is 5.85. The molecular formula is C6H6O4. The lowest BCUT2D eigenvalue weighted by Crippen LogP contribution is -2.30. The molecule has 4 nitrogen and oxygen atoms in total. The van der Waals surface area contributed by atoms with E-state index in [9.17, 15) is 9.59 Å². The Morgan fingerprint density at radius 3 is 3.00 bits per heavy atom. The number of epoxide rings is 1. The first-order chi connectivity index (χ1) is 4.81. The molecule has 10 heavy (non-hydrogen) atoms. The summed E-state index contributed by atoms with van der Waals surface area (Å²) in [5.74, 6) is -0.395. The number of carbonyl (C=O) groups is 2. The lowest BCUT2D eigenvalue weighted by molar-refractivity contribution is -0.154. The van der Waals surface area contributed by atoms with Crippen molar-refractivity contribution >= 4 is 12.3 Å². The largest absolute Gasteiger partial charge is 0.453 e. The van der Waals surface area contributed by atoms with Gasteiger partial charge in [0.2, 0.25) is 0 Å². The SMILES string of the molecule is O=CC1CC2OC2C(=O)O1. The van der Waals surface area contributed by atoms with Gasteiger partial charge in [-0.25, -0.2) is 4.79 Å². The van der Waals surface area contributed by atoms with Crippen LogP contribution in [0.5, 0.6) is 0 Å². The third-order valence-electron chi connectivity index (χ3n) is 1.70. The van der Waals surface area contributed by atoms with Crippen LogP contribution in [-0.4, -0.2) is 30.6 Å². The van der Waals surface area contributed by atoms with E-state index >= 15 is 0 Å². The van der Waals surface area contributed by atoms with Gasteiger partial charge >= 0.3 is 5.97 Å². The summed E-state index contributed by atoms with van der Waals surface area (Å²) in [7, 11) is 0. The number of carbonyl (C=O) groups excluding carboxylic acids is 2. The predicted molar refractivity (Wildman–Crippen MR) is 29.2 cm³/mol. The van der Waals surface area contributed by atoms with Crippen LogP contribution in [0.25, 0.3) is 0 Å². The van der Waals surface area contributed by atoms with Gasteiger partial charge in [0.25, 0.3) is 0 Å². The molecule has 0 amide bonds. The highest BCUT2D eigenvalue weighted by Crippen LogP contribution is 2.32. The van der Waals surface area contributed by atoms with Gasteiger partial charge in [-0.2, -0.15) is 0 Å². The molecule has 2 heterocycles. The molecule has 2 rings (SSSR count). The van der Waals surface area contributed by atoms with Gasteiger partial charge in [0.1, 0.15) is 0 Å². The molecule has 3 unspecified atom stereocenters. The zero-order chi connectivity index (χ0) is 7.14. The van der Waals surface area contributed by atoms with Crippen LogP contribution in [-0.2, 0) is 19.1 Å². The summed E-state index contributed by atoms with van der Waals surface area (Å²) in [4.78, 5) is 20.8. The normalized spacial score (nSPS) is 43.6. The molecule has 54 valence electrons. The topological polar surface area (TPSA) is 55.9 Å². The fourth-order valence-electron chi connectivity index (χ4n) is 1.11. The molecule has 0 aromatic carbocycles. The summed E-state index contributed by atoms with van der Waals surface area (Å²) < 4.78 is 9.55. The van der Waals surface area contributed by atoms with Crippen molar-refractivity contribution in [1.82, 2.24) is 0 Å². The number of hydrogen-bond donors (Lipinski definition) is 0. The Morgan fingerprint density at radius 2 is 2.40 bits per heavy atom. The Hall–Kier alpha value is -0.900. The average molecular weight is 142 g/mol. The molecule has 0 aromatic heterocycles. The fourth-order valence-corrected chi connectivity index (χ4v) is 1.11. The van der Waals surface area contributed by atoms with E-state index in [1.807, 2.05) is 0 Å². The van der Waals surface area contributed by atoms with Crippen LogP contribution in [0.3, 0.4) is 0 Å². The molecule has 2 aliphatic heterocycles. The Bertz CT molecular complexity index is 188. The molecule has 2 saturated heterocycles. The van der Waals surface area contributed by atoms with Crippen molar-refractivity contribution in [2.75, 3.05) is 0 Å². The van der Waals surface area contributed by atoms with Gasteiger partial charge in [0.05, 0.1) is 6.10 Å². The molecule has 0 bridgehead atoms. The summed E-state index contributed by atoms with van der Waals surface area (Å²) in [6.07, 6.45) is 0.180. The summed E-state index contributed by atoms with van der Waals surface area (Å²) in [5, 5.41) is 0. The number of hydrogen-bond acceptors (Lipinski definition) is 4. The van der Waals surface area contributed by atoms with Crippen molar-refractivity contribution in [1.29, 1.82) is 0 Å². The fraction of sp³-hybridized carbons (Fsp3) is 0.667. The maximum Gasteiger partial charge on any atom is 0.338 e. The van der Waals surface area contributed by atoms with E-state index < -0.39 is 12.1 Å². The second kappa shape index (κ2) is 1.79. The maximum atomic E-state index is 10.7. The molecule has 0 spiro atoms. The number of cyclic esters (lactones) is 1. The number of ether oxygens (including phenoxy) is 2. The monoisotopic (exact) mass is 142 g/mol. The second-order valence-electron chi connectivity index (χ2n) is 2.44. The van der Waals surface area contributed by atoms with Crippen LogP contribution < -0.4 is 0 Å². The van der Waals surface area contributed by atoms with Crippen LogP contribution in [0.15, 0.2) is 0 Å². The summed E-state index contributed by atoms with van der Waals surface area (Å²) >= 11 is 0. The Balaban J connectivity index is 2.05. The third-order valence-corrected chi connectivity index (χ3v) is 1.70. The molecule has 0 N–H and O–H groups in total. The minimum absolute atomic E-state index is 0.0450. The Kier molecular flexibility index (Phi) is 1.05. The third kappa shape index (κ3) is 0.724. The maximum absolute atomic E-state index is 10.7. The highest BCUT2D eigenvalue weighted by molar-refractivity contribution is 5.81. The van der Waals surface area contributed by atoms with E-state index in [0.29, 0.717) is 12.7 Å². The minimum atomic E-state index is -0.573. The first-order valence-corrected chi connectivity index (χ1v) is 3.12. The molecule has 0 aliphatic carbocycles. The van der Waals surface area contributed by atoms with E-state index in [2.05, 4.69) is 4.74 Å². The summed E-state index contributed by atoms with van der Waals surface area (Å²) in [5.41, 5.74) is 0. The van der Waals surface area contributed by atoms with Gasteiger partial charge in [-0.05, 0) is 0 Å². The average Bonchev–Trinajstić information content (AvgIpc) is 2.66. The van der Waals surface area contributed by atoms with Crippen LogP contribution >= 0.6 is 0 Å².